The van der Waals surface area contributed by atoms with Gasteiger partial charge in [-0.1, -0.05) is 44.9 Å². The zero-order valence-electron chi connectivity index (χ0n) is 23.4. The van der Waals surface area contributed by atoms with E-state index in [1.54, 1.807) is 0 Å². The Morgan fingerprint density at radius 2 is 1.55 bits per heavy atom. The van der Waals surface area contributed by atoms with Gasteiger partial charge in [-0.2, -0.15) is 13.2 Å². The molecule has 3 aromatic rings. The Kier molecular flexibility index (Phi) is 7.03. The van der Waals surface area contributed by atoms with Gasteiger partial charge in [-0.15, -0.1) is 0 Å². The lowest BCUT2D eigenvalue weighted by Crippen LogP contribution is -2.55. The van der Waals surface area contributed by atoms with E-state index in [0.29, 0.717) is 25.7 Å². The van der Waals surface area contributed by atoms with Gasteiger partial charge in [-0.05, 0) is 79.0 Å². The molecule has 2 fully saturated rings. The summed E-state index contributed by atoms with van der Waals surface area (Å²) in [7, 11) is -8.09. The fourth-order valence-corrected chi connectivity index (χ4v) is 11.0. The summed E-state index contributed by atoms with van der Waals surface area (Å²) >= 11 is 0. The summed E-state index contributed by atoms with van der Waals surface area (Å²) in [6.07, 6.45) is -0.756. The Morgan fingerprint density at radius 3 is 2.21 bits per heavy atom. The van der Waals surface area contributed by atoms with E-state index in [2.05, 4.69) is 29.4 Å². The molecular weight excluding hydrogens is 587 g/mol. The van der Waals surface area contributed by atoms with Crippen LogP contribution in [0.4, 0.5) is 13.2 Å². The van der Waals surface area contributed by atoms with Crippen LogP contribution in [0.3, 0.4) is 0 Å². The van der Waals surface area contributed by atoms with Gasteiger partial charge in [0.25, 0.3) is 0 Å². The van der Waals surface area contributed by atoms with Gasteiger partial charge >= 0.3 is 6.18 Å². The molecule has 0 saturated heterocycles. The highest BCUT2D eigenvalue weighted by Crippen LogP contribution is 2.67. The molecular formula is C30H34F3N3O4S2. The van der Waals surface area contributed by atoms with Gasteiger partial charge in [0.2, 0.25) is 20.0 Å². The number of fused-ring (bicyclic) bond motifs is 6. The van der Waals surface area contributed by atoms with Gasteiger partial charge in [-0.3, -0.25) is 4.98 Å². The molecule has 0 aliphatic heterocycles. The normalized spacial score (nSPS) is 27.3. The summed E-state index contributed by atoms with van der Waals surface area (Å²) in [6, 6.07) is 11.8. The van der Waals surface area contributed by atoms with Crippen LogP contribution < -0.4 is 9.44 Å². The molecule has 4 atom stereocenters. The first-order valence-electron chi connectivity index (χ1n) is 14.2. The molecule has 2 N–H and O–H groups in total. The fraction of sp³-hybridized carbons (Fsp3) is 0.500. The maximum absolute atomic E-state index is 13.9. The summed E-state index contributed by atoms with van der Waals surface area (Å²) in [5.74, 6) is 0.0364. The first-order chi connectivity index (χ1) is 19.6. The number of alkyl halides is 3. The summed E-state index contributed by atoms with van der Waals surface area (Å²) in [5.41, 5.74) is 0.805. The molecule has 3 aliphatic carbocycles. The van der Waals surface area contributed by atoms with E-state index in [4.69, 9.17) is 4.98 Å². The topological polar surface area (TPSA) is 105 Å². The minimum absolute atomic E-state index is 0.156. The van der Waals surface area contributed by atoms with Gasteiger partial charge in [0.15, 0.2) is 0 Å². The number of para-hydroxylation sites is 1. The smallest absolute Gasteiger partial charge is 0.252 e. The van der Waals surface area contributed by atoms with Crippen LogP contribution in [0, 0.1) is 5.41 Å². The van der Waals surface area contributed by atoms with Crippen LogP contribution in [0.2, 0.25) is 0 Å². The zero-order valence-corrected chi connectivity index (χ0v) is 25.0. The number of aromatic nitrogens is 1. The van der Waals surface area contributed by atoms with Crippen LogP contribution in [0.25, 0.3) is 10.9 Å². The molecule has 2 bridgehead atoms. The zero-order chi connectivity index (χ0) is 30.1. The molecule has 0 radical (unpaired) electrons. The van der Waals surface area contributed by atoms with Crippen molar-refractivity contribution in [3.63, 3.8) is 0 Å². The van der Waals surface area contributed by atoms with Crippen LogP contribution >= 0.6 is 0 Å². The predicted octanol–water partition coefficient (Wildman–Crippen LogP) is 5.62. The van der Waals surface area contributed by atoms with Crippen molar-refractivity contribution in [1.82, 2.24) is 14.4 Å². The second-order valence-corrected chi connectivity index (χ2v) is 16.0. The summed E-state index contributed by atoms with van der Waals surface area (Å²) in [4.78, 5) is 4.70. The molecule has 0 unspecified atom stereocenters. The van der Waals surface area contributed by atoms with Crippen LogP contribution in [-0.2, 0) is 31.6 Å². The van der Waals surface area contributed by atoms with Crippen molar-refractivity contribution in [2.24, 2.45) is 5.41 Å². The maximum Gasteiger partial charge on any atom is 0.416 e. The standard InChI is InChI=1S/C30H34F3N3O4S2/c1-28(2)23-15-16-29(28,27-22(23)17-19-7-3-4-8-24(19)34-27)18-41(37,38)35-25-9-5-6-10-26(25)36-42(39,40)21-13-11-20(12-14-21)30(31,32)33/h3-4,7-8,11-14,17,23,25-26,35-36H,5-6,9-10,15-16,18H2,1-2H3/t23-,25-,26-,29-/m1/s1. The maximum atomic E-state index is 13.9. The number of pyridine rings is 1. The number of hydrogen-bond donors (Lipinski definition) is 2. The van der Waals surface area contributed by atoms with E-state index >= 15 is 0 Å². The molecule has 42 heavy (non-hydrogen) atoms. The third-order valence-electron chi connectivity index (χ3n) is 9.88. The second kappa shape index (κ2) is 10.0. The van der Waals surface area contributed by atoms with E-state index in [9.17, 15) is 30.0 Å². The second-order valence-electron chi connectivity index (χ2n) is 12.5. The van der Waals surface area contributed by atoms with E-state index in [0.717, 1.165) is 59.3 Å². The first-order valence-corrected chi connectivity index (χ1v) is 17.4. The van der Waals surface area contributed by atoms with Crippen LogP contribution in [0.5, 0.6) is 0 Å². The Balaban J connectivity index is 1.25. The summed E-state index contributed by atoms with van der Waals surface area (Å²) in [5, 5.41) is 1.03. The number of halogens is 3. The predicted molar refractivity (Wildman–Crippen MR) is 154 cm³/mol. The van der Waals surface area contributed by atoms with Crippen molar-refractivity contribution in [1.29, 1.82) is 0 Å². The molecule has 2 saturated carbocycles. The Bertz CT molecular complexity index is 1740. The number of sulfonamides is 2. The monoisotopic (exact) mass is 621 g/mol. The average molecular weight is 622 g/mol. The van der Waals surface area contributed by atoms with Gasteiger partial charge in [0.1, 0.15) is 0 Å². The minimum Gasteiger partial charge on any atom is -0.252 e. The highest BCUT2D eigenvalue weighted by atomic mass is 32.2. The molecule has 6 rings (SSSR count). The SMILES string of the molecule is CC1(C)[C@@H]2CC[C@@]1(CS(=O)(=O)N[C@@H]1CCCC[C@H]1NS(=O)(=O)c1ccc(C(F)(F)F)cc1)c1nc3ccccc3cc12. The Labute approximate surface area is 244 Å². The van der Waals surface area contributed by atoms with Gasteiger partial charge in [0, 0.05) is 22.9 Å². The third-order valence-corrected chi connectivity index (χ3v) is 12.9. The number of hydrogen-bond acceptors (Lipinski definition) is 5. The molecule has 1 aromatic heterocycles. The summed E-state index contributed by atoms with van der Waals surface area (Å²) < 4.78 is 98.3. The van der Waals surface area contributed by atoms with Gasteiger partial charge in [0.05, 0.1) is 27.4 Å². The molecule has 0 amide bonds. The lowest BCUT2D eigenvalue weighted by atomic mass is 9.70. The summed E-state index contributed by atoms with van der Waals surface area (Å²) in [6.45, 7) is 4.24. The lowest BCUT2D eigenvalue weighted by molar-refractivity contribution is -0.137. The molecule has 3 aliphatic rings. The van der Waals surface area contributed by atoms with Crippen molar-refractivity contribution in [2.45, 2.75) is 86.9 Å². The van der Waals surface area contributed by atoms with Crippen LogP contribution in [0.1, 0.15) is 75.1 Å². The fourth-order valence-electron chi connectivity index (χ4n) is 7.58. The third kappa shape index (κ3) is 4.93. The van der Waals surface area contributed by atoms with Crippen molar-refractivity contribution in [3.8, 4) is 0 Å². The number of nitrogens with one attached hydrogen (secondary N) is 2. The minimum atomic E-state index is -4.59. The largest absolute Gasteiger partial charge is 0.416 e. The first kappa shape index (κ1) is 29.5. The highest BCUT2D eigenvalue weighted by molar-refractivity contribution is 7.90. The molecule has 226 valence electrons. The van der Waals surface area contributed by atoms with Gasteiger partial charge in [-0.25, -0.2) is 26.3 Å². The van der Waals surface area contributed by atoms with Crippen molar-refractivity contribution in [2.75, 3.05) is 5.75 Å². The van der Waals surface area contributed by atoms with E-state index in [1.165, 1.54) is 0 Å². The van der Waals surface area contributed by atoms with Crippen molar-refractivity contribution < 1.29 is 30.0 Å². The highest BCUT2D eigenvalue weighted by Gasteiger charge is 2.64. The van der Waals surface area contributed by atoms with E-state index in [-0.39, 0.29) is 22.0 Å². The van der Waals surface area contributed by atoms with E-state index < -0.39 is 49.3 Å². The molecule has 7 nitrogen and oxygen atoms in total. The molecule has 2 aromatic carbocycles. The average Bonchev–Trinajstić information content (AvgIpc) is 3.26. The van der Waals surface area contributed by atoms with Crippen molar-refractivity contribution >= 4 is 30.9 Å². The number of benzene rings is 2. The quantitative estimate of drug-likeness (QED) is 0.357. The van der Waals surface area contributed by atoms with Crippen LogP contribution in [-0.4, -0.2) is 39.7 Å². The molecule has 0 spiro atoms. The Morgan fingerprint density at radius 1 is 0.905 bits per heavy atom. The molecule has 12 heteroatoms. The Hall–Kier alpha value is -2.54. The molecule has 1 heterocycles. The number of nitrogens with zero attached hydrogens (tertiary/aromatic N) is 1. The van der Waals surface area contributed by atoms with Crippen LogP contribution in [0.15, 0.2) is 59.5 Å². The van der Waals surface area contributed by atoms with Crippen molar-refractivity contribution in [3.05, 3.63) is 71.4 Å². The van der Waals surface area contributed by atoms with Gasteiger partial charge < -0.3 is 0 Å². The lowest BCUT2D eigenvalue weighted by Gasteiger charge is -2.39. The van der Waals surface area contributed by atoms with E-state index in [1.807, 2.05) is 24.3 Å². The number of rotatable bonds is 7.